The zero-order valence-corrected chi connectivity index (χ0v) is 15.9. The Morgan fingerprint density at radius 1 is 0.667 bits per heavy atom. The second-order valence-corrected chi connectivity index (χ2v) is 7.16. The van der Waals surface area contributed by atoms with E-state index in [9.17, 15) is 5.21 Å². The Hall–Kier alpha value is -0.860. The fourth-order valence-electron chi connectivity index (χ4n) is 3.22. The molecule has 0 radical (unpaired) electrons. The molecule has 1 N–H and O–H groups in total. The molecular formula is C22H39NO. The van der Waals surface area contributed by atoms with Crippen LogP contribution in [0.5, 0.6) is 0 Å². The normalized spacial score (nSPS) is 12.4. The van der Waals surface area contributed by atoms with Gasteiger partial charge < -0.3 is 10.3 Å². The number of nitrogens with one attached hydrogen (secondary N) is 1. The van der Waals surface area contributed by atoms with E-state index in [0.717, 1.165) is 19.4 Å². The van der Waals surface area contributed by atoms with Crippen molar-refractivity contribution in [2.24, 2.45) is 0 Å². The monoisotopic (exact) mass is 333 g/mol. The highest BCUT2D eigenvalue weighted by atomic mass is 16.5. The van der Waals surface area contributed by atoms with Crippen molar-refractivity contribution in [3.63, 3.8) is 0 Å². The highest BCUT2D eigenvalue weighted by Crippen LogP contribution is 2.11. The summed E-state index contributed by atoms with van der Waals surface area (Å²) in [6.07, 6.45) is 17.1. The van der Waals surface area contributed by atoms with Gasteiger partial charge in [0.05, 0.1) is 13.1 Å². The number of unbranched alkanes of at least 4 members (excludes halogenated alkanes) is 11. The van der Waals surface area contributed by atoms with Crippen LogP contribution >= 0.6 is 0 Å². The highest BCUT2D eigenvalue weighted by Gasteiger charge is 1.99. The summed E-state index contributed by atoms with van der Waals surface area (Å²) >= 11 is 0. The smallest absolute Gasteiger partial charge is 0.0809 e. The highest BCUT2D eigenvalue weighted by molar-refractivity contribution is 5.14. The quantitative estimate of drug-likeness (QED) is 0.322. The summed E-state index contributed by atoms with van der Waals surface area (Å²) in [7, 11) is 0. The van der Waals surface area contributed by atoms with Crippen molar-refractivity contribution in [1.29, 1.82) is 0 Å². The van der Waals surface area contributed by atoms with Gasteiger partial charge in [-0.2, -0.15) is 0 Å². The Labute approximate surface area is 150 Å². The van der Waals surface area contributed by atoms with E-state index >= 15 is 0 Å². The first-order valence-electron chi connectivity index (χ1n) is 10.4. The van der Waals surface area contributed by atoms with Crippen LogP contribution in [-0.4, -0.2) is 13.1 Å². The van der Waals surface area contributed by atoms with Crippen LogP contribution in [0.3, 0.4) is 0 Å². The number of rotatable bonds is 16. The molecule has 0 bridgehead atoms. The first-order chi connectivity index (χ1) is 11.8. The maximum Gasteiger partial charge on any atom is 0.0809 e. The van der Waals surface area contributed by atoms with E-state index in [1.54, 1.807) is 0 Å². The van der Waals surface area contributed by atoms with Crippen LogP contribution in [0, 0.1) is 5.21 Å². The van der Waals surface area contributed by atoms with Gasteiger partial charge in [0.25, 0.3) is 0 Å². The lowest BCUT2D eigenvalue weighted by Gasteiger charge is -2.22. The molecule has 0 aliphatic rings. The van der Waals surface area contributed by atoms with Crippen LogP contribution in [0.4, 0.5) is 0 Å². The van der Waals surface area contributed by atoms with Gasteiger partial charge in [-0.25, -0.2) is 0 Å². The molecule has 0 amide bonds. The van der Waals surface area contributed by atoms with Crippen LogP contribution in [0.2, 0.25) is 0 Å². The summed E-state index contributed by atoms with van der Waals surface area (Å²) in [4.78, 5) is 0. The van der Waals surface area contributed by atoms with Crippen molar-refractivity contribution < 1.29 is 5.06 Å². The van der Waals surface area contributed by atoms with Crippen LogP contribution < -0.4 is 5.06 Å². The van der Waals surface area contributed by atoms with Gasteiger partial charge in [-0.15, -0.1) is 0 Å². The number of benzene rings is 1. The molecule has 1 aromatic rings. The predicted octanol–water partition coefficient (Wildman–Crippen LogP) is 5.31. The molecule has 138 valence electrons. The average molecular weight is 334 g/mol. The fourth-order valence-corrected chi connectivity index (χ4v) is 3.22. The van der Waals surface area contributed by atoms with E-state index in [2.05, 4.69) is 19.1 Å². The number of hydroxylamine groups is 2. The minimum atomic E-state index is 0.436. The van der Waals surface area contributed by atoms with Crippen molar-refractivity contribution in [3.8, 4) is 0 Å². The van der Waals surface area contributed by atoms with Gasteiger partial charge in [-0.1, -0.05) is 101 Å². The minimum Gasteiger partial charge on any atom is -0.634 e. The maximum atomic E-state index is 11.9. The molecule has 0 aliphatic heterocycles. The molecule has 0 saturated carbocycles. The molecule has 1 aromatic carbocycles. The van der Waals surface area contributed by atoms with Crippen molar-refractivity contribution in [2.45, 2.75) is 90.4 Å². The van der Waals surface area contributed by atoms with Gasteiger partial charge in [0.1, 0.15) is 0 Å². The van der Waals surface area contributed by atoms with Gasteiger partial charge in [0.15, 0.2) is 0 Å². The van der Waals surface area contributed by atoms with Gasteiger partial charge in [0.2, 0.25) is 0 Å². The van der Waals surface area contributed by atoms with Crippen LogP contribution in [-0.2, 0) is 6.42 Å². The number of hydrogen-bond acceptors (Lipinski definition) is 1. The summed E-state index contributed by atoms with van der Waals surface area (Å²) in [5, 5.41) is 12.3. The molecule has 2 nitrogen and oxygen atoms in total. The molecule has 0 saturated heterocycles. The molecule has 0 aliphatic carbocycles. The third kappa shape index (κ3) is 12.5. The summed E-state index contributed by atoms with van der Waals surface area (Å²) < 4.78 is 0. The molecule has 0 aromatic heterocycles. The Morgan fingerprint density at radius 3 is 1.71 bits per heavy atom. The van der Waals surface area contributed by atoms with Crippen molar-refractivity contribution in [1.82, 2.24) is 0 Å². The molecule has 24 heavy (non-hydrogen) atoms. The standard InChI is InChI=1S/C22H39NO/c1-2-3-4-5-6-7-8-9-10-11-12-16-20-23(24)21-19-22-17-14-13-15-18-22/h13-15,17-18,23H,2-12,16,19-21H2,1H3. The second-order valence-electron chi connectivity index (χ2n) is 7.16. The van der Waals surface area contributed by atoms with E-state index < -0.39 is 0 Å². The summed E-state index contributed by atoms with van der Waals surface area (Å²) in [6, 6.07) is 10.3. The molecule has 0 fully saturated rings. The third-order valence-corrected chi connectivity index (χ3v) is 4.84. The lowest BCUT2D eigenvalue weighted by Crippen LogP contribution is -3.07. The number of hydrogen-bond donors (Lipinski definition) is 1. The largest absolute Gasteiger partial charge is 0.634 e. The molecule has 1 unspecified atom stereocenters. The van der Waals surface area contributed by atoms with Crippen LogP contribution in [0.1, 0.15) is 89.5 Å². The van der Waals surface area contributed by atoms with Gasteiger partial charge in [-0.05, 0) is 18.4 Å². The molecule has 1 rings (SSSR count). The van der Waals surface area contributed by atoms with Gasteiger partial charge in [0, 0.05) is 6.42 Å². The molecule has 0 spiro atoms. The van der Waals surface area contributed by atoms with E-state index in [4.69, 9.17) is 0 Å². The Bertz CT molecular complexity index is 365. The lowest BCUT2D eigenvalue weighted by molar-refractivity contribution is -0.848. The van der Waals surface area contributed by atoms with Crippen molar-refractivity contribution in [2.75, 3.05) is 13.1 Å². The maximum absolute atomic E-state index is 11.9. The molecule has 0 heterocycles. The lowest BCUT2D eigenvalue weighted by atomic mass is 10.1. The van der Waals surface area contributed by atoms with Gasteiger partial charge in [-0.3, -0.25) is 0 Å². The summed E-state index contributed by atoms with van der Waals surface area (Å²) in [5.41, 5.74) is 1.28. The van der Waals surface area contributed by atoms with Gasteiger partial charge >= 0.3 is 0 Å². The van der Waals surface area contributed by atoms with Crippen molar-refractivity contribution in [3.05, 3.63) is 41.1 Å². The molecule has 2 heteroatoms. The SMILES string of the molecule is CCCCCCCCCCCCCC[NH+]([O-])CCc1ccccc1. The topological polar surface area (TPSA) is 27.5 Å². The average Bonchev–Trinajstić information content (AvgIpc) is 2.62. The van der Waals surface area contributed by atoms with E-state index in [0.29, 0.717) is 11.6 Å². The van der Waals surface area contributed by atoms with Crippen LogP contribution in [0.25, 0.3) is 0 Å². The van der Waals surface area contributed by atoms with Crippen molar-refractivity contribution >= 4 is 0 Å². The fraction of sp³-hybridized carbons (Fsp3) is 0.727. The third-order valence-electron chi connectivity index (χ3n) is 4.84. The minimum absolute atomic E-state index is 0.436. The first-order valence-corrected chi connectivity index (χ1v) is 10.4. The van der Waals surface area contributed by atoms with E-state index in [1.165, 1.54) is 76.2 Å². The van der Waals surface area contributed by atoms with E-state index in [1.807, 2.05) is 18.2 Å². The first kappa shape index (κ1) is 21.2. The second kappa shape index (κ2) is 15.7. The Balaban J connectivity index is 1.81. The predicted molar refractivity (Wildman–Crippen MR) is 105 cm³/mol. The zero-order valence-electron chi connectivity index (χ0n) is 15.9. The molecule has 1 atom stereocenters. The Morgan fingerprint density at radius 2 is 1.17 bits per heavy atom. The summed E-state index contributed by atoms with van der Waals surface area (Å²) in [6.45, 7) is 3.77. The van der Waals surface area contributed by atoms with Crippen LogP contribution in [0.15, 0.2) is 30.3 Å². The summed E-state index contributed by atoms with van der Waals surface area (Å²) in [5.74, 6) is 0. The molecular weight excluding hydrogens is 294 g/mol. The zero-order chi connectivity index (χ0) is 17.3. The van der Waals surface area contributed by atoms with E-state index in [-0.39, 0.29) is 0 Å². The Kier molecular flexibility index (Phi) is 13.8. The number of quaternary nitrogens is 1.